The third-order valence-electron chi connectivity index (χ3n) is 3.92. The van der Waals surface area contributed by atoms with E-state index < -0.39 is 28.1 Å². The second-order valence-corrected chi connectivity index (χ2v) is 56.3. The molecule has 1 nitrogen and oxygen atoms in total. The van der Waals surface area contributed by atoms with E-state index in [9.17, 15) is 0 Å². The van der Waals surface area contributed by atoms with Crippen LogP contribution in [0.3, 0.4) is 0 Å². The summed E-state index contributed by atoms with van der Waals surface area (Å²) in [6, 6.07) is 0. The Kier molecular flexibility index (Phi) is 3.27. The first-order valence-corrected chi connectivity index (χ1v) is 24.1. The fraction of sp³-hybridized carbons (Fsp3) is 1.00. The van der Waals surface area contributed by atoms with E-state index in [1.54, 1.807) is 0 Å². The Bertz CT molecular complexity index is 200. The minimum absolute atomic E-state index is 0.967. The molecule has 0 bridgehead atoms. The predicted molar refractivity (Wildman–Crippen MR) is 76.8 cm³/mol. The van der Waals surface area contributed by atoms with E-state index in [0.717, 1.165) is 13.7 Å². The summed E-state index contributed by atoms with van der Waals surface area (Å²) < 4.78 is 6.71. The fourth-order valence-corrected chi connectivity index (χ4v) is 116. The van der Waals surface area contributed by atoms with Gasteiger partial charge >= 0.3 is 98.2 Å². The van der Waals surface area contributed by atoms with Crippen LogP contribution in [0.4, 0.5) is 0 Å². The molecule has 0 aromatic rings. The SMILES string of the molecule is C[Si]1(C)O[Si](C)(C)[Si](C)(C)[Se][Si]1(C)C. The maximum absolute atomic E-state index is 6.71. The van der Waals surface area contributed by atoms with E-state index >= 15 is 0 Å². The van der Waals surface area contributed by atoms with Crippen LogP contribution in [0.2, 0.25) is 52.4 Å². The average molecular weight is 328 g/mol. The van der Waals surface area contributed by atoms with Gasteiger partial charge in [0.2, 0.25) is 0 Å². The molecule has 0 radical (unpaired) electrons. The second kappa shape index (κ2) is 3.42. The molecule has 1 rings (SSSR count). The average Bonchev–Trinajstić information content (AvgIpc) is 1.78. The van der Waals surface area contributed by atoms with Gasteiger partial charge in [-0.15, -0.1) is 0 Å². The molecule has 0 unspecified atom stereocenters. The molecular weight excluding hydrogens is 303 g/mol. The van der Waals surface area contributed by atoms with Crippen LogP contribution in [0.1, 0.15) is 0 Å². The van der Waals surface area contributed by atoms with Crippen LogP contribution in [0, 0.1) is 0 Å². The Morgan fingerprint density at radius 3 is 1.14 bits per heavy atom. The Morgan fingerprint density at radius 2 is 0.929 bits per heavy atom. The van der Waals surface area contributed by atoms with Crippen LogP contribution in [-0.2, 0) is 4.12 Å². The van der Waals surface area contributed by atoms with E-state index in [1.165, 1.54) is 0 Å². The van der Waals surface area contributed by atoms with Gasteiger partial charge in [0.15, 0.2) is 0 Å². The van der Waals surface area contributed by atoms with Gasteiger partial charge < -0.3 is 0 Å². The summed E-state index contributed by atoms with van der Waals surface area (Å²) in [6.07, 6.45) is -1.93. The molecule has 1 fully saturated rings. The molecule has 0 spiro atoms. The number of hydrogen-bond donors (Lipinski definition) is 0. The van der Waals surface area contributed by atoms with Gasteiger partial charge in [0.05, 0.1) is 0 Å². The zero-order valence-corrected chi connectivity index (χ0v) is 16.5. The molecule has 1 saturated heterocycles. The van der Waals surface area contributed by atoms with E-state index in [-0.39, 0.29) is 0 Å². The van der Waals surface area contributed by atoms with Crippen molar-refractivity contribution in [2.75, 3.05) is 0 Å². The zero-order valence-electron chi connectivity index (χ0n) is 10.8. The van der Waals surface area contributed by atoms with Crippen molar-refractivity contribution in [3.8, 4) is 0 Å². The monoisotopic (exact) mass is 328 g/mol. The Morgan fingerprint density at radius 1 is 0.643 bits per heavy atom. The molecule has 1 aliphatic rings. The first-order valence-electron chi connectivity index (χ1n) is 5.32. The molecule has 6 heteroatoms. The van der Waals surface area contributed by atoms with Crippen LogP contribution < -0.4 is 0 Å². The molecule has 84 valence electrons. The van der Waals surface area contributed by atoms with Gasteiger partial charge in [-0.25, -0.2) is 0 Å². The Hall–Kier alpha value is 1.35. The first-order chi connectivity index (χ1) is 5.91. The van der Waals surface area contributed by atoms with Crippen LogP contribution in [0.25, 0.3) is 0 Å². The number of rotatable bonds is 0. The van der Waals surface area contributed by atoms with Crippen molar-refractivity contribution in [3.63, 3.8) is 0 Å². The third-order valence-corrected chi connectivity index (χ3v) is 84.5. The topological polar surface area (TPSA) is 9.23 Å². The van der Waals surface area contributed by atoms with Crippen molar-refractivity contribution in [1.29, 1.82) is 0 Å². The molecule has 0 saturated carbocycles. The van der Waals surface area contributed by atoms with E-state index in [4.69, 9.17) is 4.12 Å². The summed E-state index contributed by atoms with van der Waals surface area (Å²) in [6.45, 7) is 20.3. The van der Waals surface area contributed by atoms with Crippen molar-refractivity contribution in [2.45, 2.75) is 52.4 Å². The van der Waals surface area contributed by atoms with Gasteiger partial charge in [-0.05, 0) is 0 Å². The summed E-state index contributed by atoms with van der Waals surface area (Å²) in [5.74, 6) is 0. The van der Waals surface area contributed by atoms with Crippen molar-refractivity contribution in [1.82, 2.24) is 0 Å². The van der Waals surface area contributed by atoms with Crippen LogP contribution in [0.15, 0.2) is 0 Å². The summed E-state index contributed by atoms with van der Waals surface area (Å²) in [5.41, 5.74) is 0. The van der Waals surface area contributed by atoms with Gasteiger partial charge in [0.25, 0.3) is 0 Å². The quantitative estimate of drug-likeness (QED) is 0.622. The zero-order chi connectivity index (χ0) is 11.4. The fourth-order valence-electron chi connectivity index (χ4n) is 1.77. The molecule has 0 amide bonds. The van der Waals surface area contributed by atoms with Crippen LogP contribution >= 0.6 is 0 Å². The van der Waals surface area contributed by atoms with E-state index in [0.29, 0.717) is 0 Å². The molecule has 1 aliphatic heterocycles. The van der Waals surface area contributed by atoms with Gasteiger partial charge in [0.1, 0.15) is 0 Å². The van der Waals surface area contributed by atoms with Crippen molar-refractivity contribution in [3.05, 3.63) is 0 Å². The summed E-state index contributed by atoms with van der Waals surface area (Å²) in [5, 5.41) is 0. The molecule has 14 heavy (non-hydrogen) atoms. The molecule has 0 aromatic heterocycles. The predicted octanol–water partition coefficient (Wildman–Crippen LogP) is 2.70. The Labute approximate surface area is 97.9 Å². The van der Waals surface area contributed by atoms with Gasteiger partial charge in [-0.3, -0.25) is 0 Å². The Balaban J connectivity index is 3.07. The van der Waals surface area contributed by atoms with E-state index in [2.05, 4.69) is 52.4 Å². The van der Waals surface area contributed by atoms with Crippen molar-refractivity contribution >= 4 is 41.7 Å². The molecule has 0 aliphatic carbocycles. The molecule has 0 N–H and O–H groups in total. The minimum atomic E-state index is -1.28. The van der Waals surface area contributed by atoms with Crippen molar-refractivity contribution < 1.29 is 4.12 Å². The summed E-state index contributed by atoms with van der Waals surface area (Å²) in [7, 11) is -2.56. The molecule has 0 aromatic carbocycles. The van der Waals surface area contributed by atoms with Gasteiger partial charge in [-0.1, -0.05) is 0 Å². The standard InChI is InChI=1S/C8H24OSeSi4/c1-11(2)9-12(3,4)14(7,8)10-13(11,5)6/h1-8H3. The number of hydrogen-bond acceptors (Lipinski definition) is 1. The normalized spacial score (nSPS) is 32.6. The van der Waals surface area contributed by atoms with Gasteiger partial charge in [-0.2, -0.15) is 0 Å². The van der Waals surface area contributed by atoms with Crippen LogP contribution in [-0.4, -0.2) is 41.7 Å². The van der Waals surface area contributed by atoms with Gasteiger partial charge in [0, 0.05) is 0 Å². The summed E-state index contributed by atoms with van der Waals surface area (Å²) in [4.78, 5) is 0. The van der Waals surface area contributed by atoms with Crippen LogP contribution in [0.5, 0.6) is 0 Å². The second-order valence-electron chi connectivity index (χ2n) is 6.25. The molecule has 1 heterocycles. The first kappa shape index (κ1) is 13.4. The maximum atomic E-state index is 6.71. The molecular formula is C8H24OSeSi4. The van der Waals surface area contributed by atoms with Crippen molar-refractivity contribution in [2.24, 2.45) is 0 Å². The molecule has 0 atom stereocenters. The van der Waals surface area contributed by atoms with E-state index in [1.807, 2.05) is 0 Å². The third kappa shape index (κ3) is 2.07. The summed E-state index contributed by atoms with van der Waals surface area (Å²) >= 11 is 0.990.